The third kappa shape index (κ3) is 3.41. The molecule has 100 valence electrons. The van der Waals surface area contributed by atoms with Crippen molar-refractivity contribution in [1.29, 1.82) is 0 Å². The van der Waals surface area contributed by atoms with Crippen molar-refractivity contribution in [2.45, 2.75) is 19.5 Å². The van der Waals surface area contributed by atoms with E-state index in [1.54, 1.807) is 6.92 Å². The van der Waals surface area contributed by atoms with E-state index in [-0.39, 0.29) is 5.91 Å². The predicted molar refractivity (Wildman–Crippen MR) is 73.6 cm³/mol. The number of para-hydroxylation sites is 1. The molecule has 6 nitrogen and oxygen atoms in total. The molecule has 0 aliphatic heterocycles. The SMILES string of the molecule is CC(NC(N)=O)C(=O)NCc1nc2ccccc2s1. The summed E-state index contributed by atoms with van der Waals surface area (Å²) in [6.07, 6.45) is 0. The van der Waals surface area contributed by atoms with Gasteiger partial charge >= 0.3 is 6.03 Å². The third-order valence-corrected chi connectivity index (χ3v) is 3.54. The normalized spacial score (nSPS) is 12.1. The zero-order valence-electron chi connectivity index (χ0n) is 10.3. The quantitative estimate of drug-likeness (QED) is 0.777. The topological polar surface area (TPSA) is 97.1 Å². The second-order valence-corrected chi connectivity index (χ2v) is 5.14. The number of hydrogen-bond donors (Lipinski definition) is 3. The van der Waals surface area contributed by atoms with Gasteiger partial charge in [0, 0.05) is 0 Å². The number of rotatable bonds is 4. The summed E-state index contributed by atoms with van der Waals surface area (Å²) in [5, 5.41) is 5.84. The smallest absolute Gasteiger partial charge is 0.312 e. The Kier molecular flexibility index (Phi) is 3.96. The van der Waals surface area contributed by atoms with E-state index in [4.69, 9.17) is 5.73 Å². The van der Waals surface area contributed by atoms with E-state index in [0.717, 1.165) is 15.2 Å². The second-order valence-electron chi connectivity index (χ2n) is 4.02. The van der Waals surface area contributed by atoms with E-state index >= 15 is 0 Å². The fraction of sp³-hybridized carbons (Fsp3) is 0.250. The summed E-state index contributed by atoms with van der Waals surface area (Å²) in [5.74, 6) is -0.293. The maximum Gasteiger partial charge on any atom is 0.312 e. The lowest BCUT2D eigenvalue weighted by molar-refractivity contribution is -0.122. The molecule has 0 fully saturated rings. The van der Waals surface area contributed by atoms with Crippen LogP contribution in [0.5, 0.6) is 0 Å². The summed E-state index contributed by atoms with van der Waals surface area (Å²) in [7, 11) is 0. The third-order valence-electron chi connectivity index (χ3n) is 2.50. The number of nitrogens with one attached hydrogen (secondary N) is 2. The lowest BCUT2D eigenvalue weighted by atomic mass is 10.3. The van der Waals surface area contributed by atoms with E-state index in [1.165, 1.54) is 11.3 Å². The number of aromatic nitrogens is 1. The van der Waals surface area contributed by atoms with Crippen molar-refractivity contribution in [3.05, 3.63) is 29.3 Å². The van der Waals surface area contributed by atoms with Crippen LogP contribution in [0.2, 0.25) is 0 Å². The number of hydrogen-bond acceptors (Lipinski definition) is 4. The molecule has 0 bridgehead atoms. The fourth-order valence-electron chi connectivity index (χ4n) is 1.59. The minimum absolute atomic E-state index is 0.293. The highest BCUT2D eigenvalue weighted by atomic mass is 32.1. The monoisotopic (exact) mass is 278 g/mol. The highest BCUT2D eigenvalue weighted by Crippen LogP contribution is 2.21. The van der Waals surface area contributed by atoms with Gasteiger partial charge in [-0.3, -0.25) is 4.79 Å². The van der Waals surface area contributed by atoms with Gasteiger partial charge in [0.1, 0.15) is 11.0 Å². The molecule has 2 aromatic rings. The van der Waals surface area contributed by atoms with Crippen LogP contribution in [0.1, 0.15) is 11.9 Å². The van der Waals surface area contributed by atoms with Gasteiger partial charge in [0.15, 0.2) is 0 Å². The lowest BCUT2D eigenvalue weighted by Gasteiger charge is -2.11. The molecule has 1 aromatic carbocycles. The van der Waals surface area contributed by atoms with Gasteiger partial charge in [0.05, 0.1) is 16.8 Å². The van der Waals surface area contributed by atoms with Gasteiger partial charge in [-0.15, -0.1) is 11.3 Å². The van der Waals surface area contributed by atoms with Crippen LogP contribution in [-0.4, -0.2) is 23.0 Å². The molecule has 1 aromatic heterocycles. The van der Waals surface area contributed by atoms with Crippen molar-refractivity contribution < 1.29 is 9.59 Å². The lowest BCUT2D eigenvalue weighted by Crippen LogP contribution is -2.46. The molecule has 0 saturated heterocycles. The molecule has 1 atom stereocenters. The average Bonchev–Trinajstić information content (AvgIpc) is 2.77. The molecule has 4 N–H and O–H groups in total. The van der Waals surface area contributed by atoms with Gasteiger partial charge in [-0.2, -0.15) is 0 Å². The van der Waals surface area contributed by atoms with Gasteiger partial charge in [-0.05, 0) is 19.1 Å². The molecule has 19 heavy (non-hydrogen) atoms. The zero-order valence-corrected chi connectivity index (χ0v) is 11.2. The molecule has 0 radical (unpaired) electrons. The molecule has 7 heteroatoms. The molecule has 1 unspecified atom stereocenters. The van der Waals surface area contributed by atoms with Crippen LogP contribution in [0.3, 0.4) is 0 Å². The van der Waals surface area contributed by atoms with Gasteiger partial charge < -0.3 is 16.4 Å². The number of nitrogens with two attached hydrogens (primary N) is 1. The second kappa shape index (κ2) is 5.66. The number of fused-ring (bicyclic) bond motifs is 1. The largest absolute Gasteiger partial charge is 0.352 e. The highest BCUT2D eigenvalue weighted by Gasteiger charge is 2.14. The molecule has 2 rings (SSSR count). The van der Waals surface area contributed by atoms with E-state index in [0.29, 0.717) is 6.54 Å². The Morgan fingerprint density at radius 2 is 2.16 bits per heavy atom. The first kappa shape index (κ1) is 13.3. The standard InChI is InChI=1S/C12H14N4O2S/c1-7(15-12(13)18)11(17)14-6-10-16-8-4-2-3-5-9(8)19-10/h2-5,7H,6H2,1H3,(H,14,17)(H3,13,15,18). The molecule has 3 amide bonds. The number of carbonyl (C=O) groups excluding carboxylic acids is 2. The Bertz CT molecular complexity index is 578. The van der Waals surface area contributed by atoms with Crippen molar-refractivity contribution in [2.75, 3.05) is 0 Å². The van der Waals surface area contributed by atoms with E-state index in [2.05, 4.69) is 15.6 Å². The maximum absolute atomic E-state index is 11.7. The van der Waals surface area contributed by atoms with Crippen LogP contribution < -0.4 is 16.4 Å². The van der Waals surface area contributed by atoms with Gasteiger partial charge in [-0.25, -0.2) is 9.78 Å². The molecule has 0 saturated carbocycles. The number of primary amides is 1. The Hall–Kier alpha value is -2.15. The average molecular weight is 278 g/mol. The molecule has 1 heterocycles. The molecular formula is C12H14N4O2S. The van der Waals surface area contributed by atoms with Crippen LogP contribution in [0.25, 0.3) is 10.2 Å². The summed E-state index contributed by atoms with van der Waals surface area (Å²) in [6, 6.07) is 6.39. The Balaban J connectivity index is 1.94. The first-order chi connectivity index (χ1) is 9.06. The summed E-state index contributed by atoms with van der Waals surface area (Å²) in [4.78, 5) is 26.7. The van der Waals surface area contributed by atoms with Gasteiger partial charge in [0.2, 0.25) is 5.91 Å². The molecule has 0 aliphatic carbocycles. The molecular weight excluding hydrogens is 264 g/mol. The van der Waals surface area contributed by atoms with Crippen LogP contribution in [0.4, 0.5) is 4.79 Å². The Morgan fingerprint density at radius 3 is 2.84 bits per heavy atom. The first-order valence-corrected chi connectivity index (χ1v) is 6.56. The number of nitrogens with zero attached hydrogens (tertiary/aromatic N) is 1. The number of urea groups is 1. The van der Waals surface area contributed by atoms with Crippen LogP contribution in [-0.2, 0) is 11.3 Å². The van der Waals surface area contributed by atoms with E-state index in [1.807, 2.05) is 24.3 Å². The molecule has 0 spiro atoms. The zero-order chi connectivity index (χ0) is 13.8. The van der Waals surface area contributed by atoms with E-state index in [9.17, 15) is 9.59 Å². The number of carbonyl (C=O) groups is 2. The van der Waals surface area contributed by atoms with Gasteiger partial charge in [0.25, 0.3) is 0 Å². The number of benzene rings is 1. The fourth-order valence-corrected chi connectivity index (χ4v) is 2.50. The summed E-state index contributed by atoms with van der Waals surface area (Å²) < 4.78 is 1.08. The minimum Gasteiger partial charge on any atom is -0.352 e. The first-order valence-electron chi connectivity index (χ1n) is 5.74. The van der Waals surface area contributed by atoms with Crippen LogP contribution in [0.15, 0.2) is 24.3 Å². The summed E-state index contributed by atoms with van der Waals surface area (Å²) in [5.41, 5.74) is 5.87. The van der Waals surface area contributed by atoms with Gasteiger partial charge in [-0.1, -0.05) is 12.1 Å². The minimum atomic E-state index is -0.720. The van der Waals surface area contributed by atoms with Crippen molar-refractivity contribution >= 4 is 33.5 Å². The molecule has 0 aliphatic rings. The predicted octanol–water partition coefficient (Wildman–Crippen LogP) is 0.969. The summed E-state index contributed by atoms with van der Waals surface area (Å²) >= 11 is 1.53. The Labute approximate surface area is 114 Å². The number of amides is 3. The van der Waals surface area contributed by atoms with Crippen LogP contribution in [0, 0.1) is 0 Å². The van der Waals surface area contributed by atoms with Crippen molar-refractivity contribution in [1.82, 2.24) is 15.6 Å². The van der Waals surface area contributed by atoms with Crippen molar-refractivity contribution in [3.8, 4) is 0 Å². The van der Waals surface area contributed by atoms with Crippen molar-refractivity contribution in [2.24, 2.45) is 5.73 Å². The van der Waals surface area contributed by atoms with Crippen molar-refractivity contribution in [3.63, 3.8) is 0 Å². The van der Waals surface area contributed by atoms with E-state index < -0.39 is 12.1 Å². The maximum atomic E-state index is 11.7. The van der Waals surface area contributed by atoms with Crippen LogP contribution >= 0.6 is 11.3 Å². The summed E-state index contributed by atoms with van der Waals surface area (Å²) in [6.45, 7) is 1.90. The Morgan fingerprint density at radius 1 is 1.42 bits per heavy atom. The highest BCUT2D eigenvalue weighted by molar-refractivity contribution is 7.18. The number of thiazole rings is 1.